The van der Waals surface area contributed by atoms with Crippen LogP contribution in [0.5, 0.6) is 5.75 Å². The van der Waals surface area contributed by atoms with Crippen LogP contribution in [-0.2, 0) is 0 Å². The van der Waals surface area contributed by atoms with E-state index in [1.807, 2.05) is 6.92 Å². The molecule has 1 aliphatic rings. The molecule has 0 fully saturated rings. The Kier molecular flexibility index (Phi) is 2.52. The van der Waals surface area contributed by atoms with Crippen LogP contribution in [0.1, 0.15) is 18.9 Å². The third-order valence-electron chi connectivity index (χ3n) is 2.57. The Morgan fingerprint density at radius 1 is 1.56 bits per heavy atom. The minimum absolute atomic E-state index is 0.00408. The van der Waals surface area contributed by atoms with Gasteiger partial charge >= 0.3 is 0 Å². The van der Waals surface area contributed by atoms with Gasteiger partial charge in [0.25, 0.3) is 5.69 Å². The number of nitrogens with zero attached hydrogens (tertiary/aromatic N) is 1. The first-order valence-corrected chi connectivity index (χ1v) is 4.96. The van der Waals surface area contributed by atoms with Crippen molar-refractivity contribution in [3.8, 4) is 5.75 Å². The molecule has 16 heavy (non-hydrogen) atoms. The number of aliphatic hydroxyl groups excluding tert-OH is 1. The maximum atomic E-state index is 10.6. The van der Waals surface area contributed by atoms with Gasteiger partial charge in [0.1, 0.15) is 18.1 Å². The summed E-state index contributed by atoms with van der Waals surface area (Å²) in [6, 6.07) is 4.41. The van der Waals surface area contributed by atoms with Gasteiger partial charge in [-0.05, 0) is 12.5 Å². The zero-order valence-corrected chi connectivity index (χ0v) is 8.77. The summed E-state index contributed by atoms with van der Waals surface area (Å²) in [5, 5.41) is 20.2. The summed E-state index contributed by atoms with van der Waals surface area (Å²) in [5.74, 6) is 0.660. The molecular weight excluding hydrogens is 210 g/mol. The Morgan fingerprint density at radius 2 is 2.31 bits per heavy atom. The molecule has 5 heteroatoms. The molecule has 0 unspecified atom stereocenters. The summed E-state index contributed by atoms with van der Waals surface area (Å²) in [6.07, 6.45) is 0.667. The smallest absolute Gasteiger partial charge is 0.273 e. The van der Waals surface area contributed by atoms with Crippen molar-refractivity contribution in [2.75, 3.05) is 6.61 Å². The predicted molar refractivity (Wildman–Crippen MR) is 58.4 cm³/mol. The second-order valence-electron chi connectivity index (χ2n) is 3.51. The molecule has 1 aliphatic heterocycles. The maximum absolute atomic E-state index is 10.6. The number of fused-ring (bicyclic) bond motifs is 1. The average Bonchev–Trinajstić information content (AvgIpc) is 2.28. The van der Waals surface area contributed by atoms with Crippen LogP contribution in [0.25, 0.3) is 5.57 Å². The van der Waals surface area contributed by atoms with E-state index in [0.29, 0.717) is 12.2 Å². The molecule has 0 saturated carbocycles. The zero-order valence-electron chi connectivity index (χ0n) is 8.77. The Morgan fingerprint density at radius 3 is 2.94 bits per heavy atom. The summed E-state index contributed by atoms with van der Waals surface area (Å²) in [5.41, 5.74) is 1.52. The lowest BCUT2D eigenvalue weighted by Gasteiger charge is -2.19. The van der Waals surface area contributed by atoms with E-state index in [9.17, 15) is 15.2 Å². The van der Waals surface area contributed by atoms with Crippen molar-refractivity contribution in [1.82, 2.24) is 0 Å². The molecule has 84 valence electrons. The molecule has 0 radical (unpaired) electrons. The quantitative estimate of drug-likeness (QED) is 0.615. The summed E-state index contributed by atoms with van der Waals surface area (Å²) < 4.78 is 5.25. The largest absolute Gasteiger partial charge is 0.508 e. The minimum atomic E-state index is -0.465. The number of hydrogen-bond acceptors (Lipinski definition) is 4. The molecule has 0 atom stereocenters. The predicted octanol–water partition coefficient (Wildman–Crippen LogP) is 2.67. The standard InChI is InChI=1S/C11H11NO4/c1-2-8-9-4-3-7(12(14)15)5-11(9)16-6-10(8)13/h3-5,13H,2,6H2,1H3. The van der Waals surface area contributed by atoms with Crippen LogP contribution in [0.3, 0.4) is 0 Å². The number of nitro groups is 1. The molecule has 1 aromatic carbocycles. The van der Waals surface area contributed by atoms with Gasteiger partial charge in [0.15, 0.2) is 0 Å². The minimum Gasteiger partial charge on any atom is -0.508 e. The van der Waals surface area contributed by atoms with E-state index in [1.165, 1.54) is 12.1 Å². The van der Waals surface area contributed by atoms with Crippen LogP contribution in [-0.4, -0.2) is 16.6 Å². The van der Waals surface area contributed by atoms with Gasteiger partial charge in [0.2, 0.25) is 0 Å². The molecule has 0 spiro atoms. The highest BCUT2D eigenvalue weighted by Crippen LogP contribution is 2.36. The summed E-state index contributed by atoms with van der Waals surface area (Å²) in [6.45, 7) is 2.00. The van der Waals surface area contributed by atoms with E-state index < -0.39 is 4.92 Å². The normalized spacial score (nSPS) is 14.3. The summed E-state index contributed by atoms with van der Waals surface area (Å²) >= 11 is 0. The maximum Gasteiger partial charge on any atom is 0.273 e. The summed E-state index contributed by atoms with van der Waals surface area (Å²) in [7, 11) is 0. The molecule has 0 amide bonds. The van der Waals surface area contributed by atoms with Crippen molar-refractivity contribution in [2.45, 2.75) is 13.3 Å². The van der Waals surface area contributed by atoms with E-state index in [0.717, 1.165) is 11.1 Å². The average molecular weight is 221 g/mol. The van der Waals surface area contributed by atoms with Gasteiger partial charge in [-0.2, -0.15) is 0 Å². The van der Waals surface area contributed by atoms with E-state index >= 15 is 0 Å². The van der Waals surface area contributed by atoms with Crippen molar-refractivity contribution in [1.29, 1.82) is 0 Å². The lowest BCUT2D eigenvalue weighted by atomic mass is 9.99. The number of benzene rings is 1. The van der Waals surface area contributed by atoms with Crippen LogP contribution >= 0.6 is 0 Å². The molecule has 0 bridgehead atoms. The Balaban J connectivity index is 2.52. The molecule has 5 nitrogen and oxygen atoms in total. The molecule has 1 N–H and O–H groups in total. The fourth-order valence-electron chi connectivity index (χ4n) is 1.78. The third kappa shape index (κ3) is 1.60. The highest BCUT2D eigenvalue weighted by molar-refractivity contribution is 5.74. The molecule has 2 rings (SSSR count). The van der Waals surface area contributed by atoms with Crippen LogP contribution in [0.2, 0.25) is 0 Å². The van der Waals surface area contributed by atoms with E-state index in [-0.39, 0.29) is 18.1 Å². The molecule has 1 heterocycles. The van der Waals surface area contributed by atoms with Crippen molar-refractivity contribution in [3.63, 3.8) is 0 Å². The summed E-state index contributed by atoms with van der Waals surface area (Å²) in [4.78, 5) is 10.1. The molecular formula is C11H11NO4. The SMILES string of the molecule is CCC1=C(O)COc2cc([N+](=O)[O-])ccc21. The fourth-order valence-corrected chi connectivity index (χ4v) is 1.78. The van der Waals surface area contributed by atoms with Crippen LogP contribution in [0.15, 0.2) is 24.0 Å². The first-order valence-electron chi connectivity index (χ1n) is 4.96. The lowest BCUT2D eigenvalue weighted by molar-refractivity contribution is -0.384. The van der Waals surface area contributed by atoms with Gasteiger partial charge in [-0.3, -0.25) is 10.1 Å². The highest BCUT2D eigenvalue weighted by atomic mass is 16.6. The van der Waals surface area contributed by atoms with E-state index in [1.54, 1.807) is 6.07 Å². The molecule has 0 aliphatic carbocycles. The Hall–Kier alpha value is -2.04. The molecule has 1 aromatic rings. The fraction of sp³-hybridized carbons (Fsp3) is 0.273. The number of hydrogen-bond donors (Lipinski definition) is 1. The van der Waals surface area contributed by atoms with Crippen LogP contribution in [0.4, 0.5) is 5.69 Å². The van der Waals surface area contributed by atoms with Crippen molar-refractivity contribution >= 4 is 11.3 Å². The lowest BCUT2D eigenvalue weighted by Crippen LogP contribution is -2.11. The van der Waals surface area contributed by atoms with Crippen molar-refractivity contribution in [2.24, 2.45) is 0 Å². The zero-order chi connectivity index (χ0) is 11.7. The monoisotopic (exact) mass is 221 g/mol. The van der Waals surface area contributed by atoms with Gasteiger partial charge in [-0.25, -0.2) is 0 Å². The Labute approximate surface area is 92.1 Å². The van der Waals surface area contributed by atoms with Gasteiger partial charge in [-0.1, -0.05) is 6.92 Å². The highest BCUT2D eigenvalue weighted by Gasteiger charge is 2.21. The molecule has 0 saturated heterocycles. The first kappa shape index (κ1) is 10.5. The van der Waals surface area contributed by atoms with Crippen molar-refractivity contribution in [3.05, 3.63) is 39.6 Å². The number of nitro benzene ring substituents is 1. The number of allylic oxidation sites excluding steroid dienone is 1. The van der Waals surface area contributed by atoms with Gasteiger partial charge in [0.05, 0.1) is 11.0 Å². The third-order valence-corrected chi connectivity index (χ3v) is 2.57. The van der Waals surface area contributed by atoms with Crippen LogP contribution < -0.4 is 4.74 Å². The number of rotatable bonds is 2. The number of non-ortho nitro benzene ring substituents is 1. The van der Waals surface area contributed by atoms with E-state index in [4.69, 9.17) is 4.74 Å². The second kappa shape index (κ2) is 3.84. The first-order chi connectivity index (χ1) is 7.63. The second-order valence-corrected chi connectivity index (χ2v) is 3.51. The Bertz CT molecular complexity index is 479. The van der Waals surface area contributed by atoms with Gasteiger partial charge < -0.3 is 9.84 Å². The van der Waals surface area contributed by atoms with Gasteiger partial charge in [-0.15, -0.1) is 0 Å². The van der Waals surface area contributed by atoms with Crippen LogP contribution in [0, 0.1) is 10.1 Å². The van der Waals surface area contributed by atoms with Crippen molar-refractivity contribution < 1.29 is 14.8 Å². The van der Waals surface area contributed by atoms with E-state index in [2.05, 4.69) is 0 Å². The molecule has 0 aromatic heterocycles. The topological polar surface area (TPSA) is 72.6 Å². The van der Waals surface area contributed by atoms with Gasteiger partial charge in [0, 0.05) is 17.2 Å². The number of ether oxygens (including phenoxy) is 1. The number of aliphatic hydroxyl groups is 1.